The minimum atomic E-state index is -0.138. The molecule has 4 fully saturated rings. The Kier molecular flexibility index (Phi) is 11.6. The van der Waals surface area contributed by atoms with Gasteiger partial charge in [-0.3, -0.25) is 24.6 Å². The molecule has 6 heterocycles. The number of hydrogen-bond donors (Lipinski definition) is 3. The van der Waals surface area contributed by atoms with Crippen LogP contribution < -0.4 is 25.2 Å². The maximum Gasteiger partial charge on any atom is 0.252 e. The molecule has 3 aromatic carbocycles. The van der Waals surface area contributed by atoms with Crippen molar-refractivity contribution in [2.45, 2.75) is 82.2 Å². The van der Waals surface area contributed by atoms with E-state index < -0.39 is 0 Å². The van der Waals surface area contributed by atoms with Crippen molar-refractivity contribution in [2.75, 3.05) is 62.8 Å². The first-order chi connectivity index (χ1) is 29.4. The van der Waals surface area contributed by atoms with Crippen molar-refractivity contribution in [1.82, 2.24) is 20.5 Å². The van der Waals surface area contributed by atoms with Crippen LogP contribution in [0, 0.1) is 11.3 Å². The van der Waals surface area contributed by atoms with Crippen molar-refractivity contribution in [3.8, 4) is 5.75 Å². The Labute approximate surface area is 353 Å². The van der Waals surface area contributed by atoms with E-state index in [0.29, 0.717) is 55.7 Å². The second kappa shape index (κ2) is 17.4. The van der Waals surface area contributed by atoms with E-state index >= 15 is 0 Å². The number of amides is 3. The topological polar surface area (TPSA) is 127 Å². The van der Waals surface area contributed by atoms with Crippen LogP contribution in [-0.4, -0.2) is 91.7 Å². The van der Waals surface area contributed by atoms with Crippen LogP contribution in [0.4, 0.5) is 11.5 Å². The number of ether oxygens (including phenoxy) is 1. The summed E-state index contributed by atoms with van der Waals surface area (Å²) in [7, 11) is 1.00. The molecule has 5 aliphatic heterocycles. The van der Waals surface area contributed by atoms with Gasteiger partial charge in [-0.1, -0.05) is 60.7 Å². The maximum absolute atomic E-state index is 12.2. The Bertz CT molecular complexity index is 2170. The van der Waals surface area contributed by atoms with Gasteiger partial charge in [0.2, 0.25) is 11.8 Å². The number of nitrogens with one attached hydrogen (secondary N) is 2. The van der Waals surface area contributed by atoms with Crippen molar-refractivity contribution >= 4 is 29.2 Å². The summed E-state index contributed by atoms with van der Waals surface area (Å²) in [5, 5.41) is 12.2. The third-order valence-electron chi connectivity index (χ3n) is 14.3. The average molecular weight is 811 g/mol. The molecule has 60 heavy (non-hydrogen) atoms. The Balaban J connectivity index is 0.000000413. The lowest BCUT2D eigenvalue weighted by Gasteiger charge is -2.54. The predicted molar refractivity (Wildman–Crippen MR) is 232 cm³/mol. The second-order valence-corrected chi connectivity index (χ2v) is 17.8. The number of aryl methyl sites for hydroxylation is 1. The standard InChI is InChI=1S/C43H47N5O2.C5H7NO2.CH4O/c49-42-36-13-14-38-41(37(36)25-45-42)50-28-33-27-46(20-21-48(33)38)26-29-22-43(23-29)16-18-47(19-17-43)39-15-11-32(24-44-39)40-34-9-5-4-8-31(34)10-12-35(40)30-6-2-1-3-7-30;7-4-2-1-3-5(8)6-4;1-2/h1-9,11,13-15,24,29,33,35,40H,10,12,16-23,25-28H2,(H,45,49);1-3H2,(H,6,7,8);2H,1H3. The van der Waals surface area contributed by atoms with Gasteiger partial charge in [0.1, 0.15) is 18.2 Å². The Morgan fingerprint density at radius 2 is 1.60 bits per heavy atom. The monoisotopic (exact) mass is 810 g/mol. The minimum Gasteiger partial charge on any atom is -0.489 e. The van der Waals surface area contributed by atoms with Crippen molar-refractivity contribution in [1.29, 1.82) is 0 Å². The molecule has 11 heteroatoms. The van der Waals surface area contributed by atoms with Crippen LogP contribution in [0.25, 0.3) is 0 Å². The lowest BCUT2D eigenvalue weighted by molar-refractivity contribution is -0.132. The van der Waals surface area contributed by atoms with E-state index in [1.54, 1.807) is 0 Å². The van der Waals surface area contributed by atoms with Crippen LogP contribution in [-0.2, 0) is 22.6 Å². The summed E-state index contributed by atoms with van der Waals surface area (Å²) >= 11 is 0. The third-order valence-corrected chi connectivity index (χ3v) is 14.3. The molecule has 1 aromatic heterocycles. The number of benzene rings is 3. The summed E-state index contributed by atoms with van der Waals surface area (Å²) in [5.74, 6) is 3.43. The first kappa shape index (κ1) is 40.2. The smallest absolute Gasteiger partial charge is 0.252 e. The highest BCUT2D eigenvalue weighted by Gasteiger charge is 2.47. The normalized spacial score (nSPS) is 24.1. The van der Waals surface area contributed by atoms with E-state index in [4.69, 9.17) is 14.8 Å². The highest BCUT2D eigenvalue weighted by atomic mass is 16.5. The molecule has 3 atom stereocenters. The Morgan fingerprint density at radius 3 is 2.33 bits per heavy atom. The van der Waals surface area contributed by atoms with Crippen molar-refractivity contribution in [3.63, 3.8) is 0 Å². The number of aromatic nitrogens is 1. The van der Waals surface area contributed by atoms with Gasteiger partial charge in [-0.25, -0.2) is 4.98 Å². The molecule has 3 unspecified atom stereocenters. The van der Waals surface area contributed by atoms with E-state index in [2.05, 4.69) is 104 Å². The summed E-state index contributed by atoms with van der Waals surface area (Å²) in [5.41, 5.74) is 9.25. The van der Waals surface area contributed by atoms with E-state index in [9.17, 15) is 14.4 Å². The molecule has 0 bridgehead atoms. The Hall–Kier alpha value is -5.26. The molecule has 3 amide bonds. The molecule has 4 aromatic rings. The fourth-order valence-electron chi connectivity index (χ4n) is 11.3. The zero-order valence-corrected chi connectivity index (χ0v) is 34.8. The zero-order valence-electron chi connectivity index (χ0n) is 34.8. The molecule has 11 nitrogen and oxygen atoms in total. The molecule has 3 saturated heterocycles. The third kappa shape index (κ3) is 8.01. The molecule has 7 aliphatic rings. The maximum atomic E-state index is 12.2. The van der Waals surface area contributed by atoms with Gasteiger partial charge in [0.25, 0.3) is 5.91 Å². The Morgan fingerprint density at radius 1 is 0.833 bits per heavy atom. The van der Waals surface area contributed by atoms with Crippen LogP contribution in [0.2, 0.25) is 0 Å². The lowest BCUT2D eigenvalue weighted by Crippen LogP contribution is -2.59. The van der Waals surface area contributed by atoms with E-state index in [-0.39, 0.29) is 17.7 Å². The lowest BCUT2D eigenvalue weighted by atomic mass is 9.57. The van der Waals surface area contributed by atoms with Crippen molar-refractivity contribution in [2.24, 2.45) is 11.3 Å². The number of piperidine rings is 2. The van der Waals surface area contributed by atoms with Crippen LogP contribution in [0.5, 0.6) is 5.75 Å². The zero-order chi connectivity index (χ0) is 41.2. The molecule has 3 N–H and O–H groups in total. The van der Waals surface area contributed by atoms with Gasteiger partial charge < -0.3 is 25.0 Å². The number of anilines is 2. The average Bonchev–Trinajstić information content (AvgIpc) is 3.67. The number of carbonyl (C=O) groups is 3. The first-order valence-electron chi connectivity index (χ1n) is 22.1. The number of pyridine rings is 1. The molecular weight excluding hydrogens is 753 g/mol. The highest BCUT2D eigenvalue weighted by Crippen LogP contribution is 2.53. The van der Waals surface area contributed by atoms with Gasteiger partial charge in [0.05, 0.1) is 11.7 Å². The molecule has 11 rings (SSSR count). The molecule has 0 radical (unpaired) electrons. The summed E-state index contributed by atoms with van der Waals surface area (Å²) in [6, 6.07) is 29.3. The number of nitrogens with zero attached hydrogens (tertiary/aromatic N) is 4. The number of rotatable bonds is 5. The number of hydrogen-bond acceptors (Lipinski definition) is 9. The van der Waals surface area contributed by atoms with Crippen molar-refractivity contribution < 1.29 is 24.2 Å². The quantitative estimate of drug-likeness (QED) is 0.203. The fraction of sp³-hybridized carbons (Fsp3) is 0.469. The first-order valence-corrected chi connectivity index (χ1v) is 22.1. The number of aliphatic hydroxyl groups excluding tert-OH is 1. The van der Waals surface area contributed by atoms with Gasteiger partial charge in [0.15, 0.2) is 0 Å². The molecule has 2 aliphatic carbocycles. The minimum absolute atomic E-state index is 0.0201. The van der Waals surface area contributed by atoms with Gasteiger partial charge in [-0.15, -0.1) is 0 Å². The number of piperazine rings is 1. The van der Waals surface area contributed by atoms with Crippen LogP contribution in [0.15, 0.2) is 85.1 Å². The van der Waals surface area contributed by atoms with E-state index in [1.807, 2.05) is 6.07 Å². The number of aliphatic hydroxyl groups is 1. The highest BCUT2D eigenvalue weighted by molar-refractivity contribution is 6.00. The summed E-state index contributed by atoms with van der Waals surface area (Å²) in [6.07, 6.45) is 11.5. The molecule has 1 spiro atoms. The van der Waals surface area contributed by atoms with Crippen LogP contribution in [0.3, 0.4) is 0 Å². The van der Waals surface area contributed by atoms with Crippen LogP contribution >= 0.6 is 0 Å². The molecular formula is C49H58N6O5. The van der Waals surface area contributed by atoms with E-state index in [1.165, 1.54) is 66.6 Å². The van der Waals surface area contributed by atoms with Gasteiger partial charge in [-0.2, -0.15) is 0 Å². The summed E-state index contributed by atoms with van der Waals surface area (Å²) in [6.45, 7) is 7.91. The fourth-order valence-corrected chi connectivity index (χ4v) is 11.3. The second-order valence-electron chi connectivity index (χ2n) is 17.8. The summed E-state index contributed by atoms with van der Waals surface area (Å²) in [4.78, 5) is 45.7. The summed E-state index contributed by atoms with van der Waals surface area (Å²) < 4.78 is 6.32. The SMILES string of the molecule is CO.O=C1CCCC(=O)N1.O=C1NCc2c1ccc1c2OCC2CN(CC3CC4(CCN(c5ccc(C6c7ccccc7CCC6c6ccccc6)cn5)CC4)C3)CCN12. The molecule has 1 saturated carbocycles. The van der Waals surface area contributed by atoms with Gasteiger partial charge in [-0.05, 0) is 103 Å². The van der Waals surface area contributed by atoms with Gasteiger partial charge in [0, 0.05) is 89.0 Å². The number of imide groups is 1. The predicted octanol–water partition coefficient (Wildman–Crippen LogP) is 6.19. The van der Waals surface area contributed by atoms with Crippen molar-refractivity contribution in [3.05, 3.63) is 118 Å². The van der Waals surface area contributed by atoms with E-state index in [0.717, 1.165) is 74.9 Å². The molecule has 314 valence electrons. The largest absolute Gasteiger partial charge is 0.489 e. The number of carbonyl (C=O) groups excluding carboxylic acids is 3. The van der Waals surface area contributed by atoms with Gasteiger partial charge >= 0.3 is 0 Å². The van der Waals surface area contributed by atoms with Crippen LogP contribution in [0.1, 0.15) is 101 Å². The number of fused-ring (bicyclic) bond motifs is 6.